The number of carboxylic acid groups (broad SMARTS) is 1. The second-order valence-corrected chi connectivity index (χ2v) is 6.84. The molecule has 0 aromatic carbocycles. The van der Waals surface area contributed by atoms with Crippen LogP contribution in [0.25, 0.3) is 0 Å². The molecule has 1 saturated carbocycles. The average Bonchev–Trinajstić information content (AvgIpc) is 2.71. The first-order valence-electron chi connectivity index (χ1n) is 8.27. The molecule has 0 radical (unpaired) electrons. The highest BCUT2D eigenvalue weighted by molar-refractivity contribution is 6.08. The molecule has 2 fully saturated rings. The Hall–Kier alpha value is -2.12. The maximum Gasteiger partial charge on any atom is 0.327 e. The number of carboxylic acids is 1. The third kappa shape index (κ3) is 3.09. The Morgan fingerprint density at radius 2 is 1.83 bits per heavy atom. The lowest BCUT2D eigenvalue weighted by atomic mass is 9.81. The number of hydrogen-bond acceptors (Lipinski definition) is 4. The monoisotopic (exact) mass is 339 g/mol. The molecule has 1 atom stereocenters. The lowest BCUT2D eigenvalue weighted by Crippen LogP contribution is -2.49. The molecular weight excluding hydrogens is 314 g/mol. The summed E-state index contributed by atoms with van der Waals surface area (Å²) in [7, 11) is 3.10. The lowest BCUT2D eigenvalue weighted by Gasteiger charge is -2.35. The van der Waals surface area contributed by atoms with Crippen LogP contribution < -0.4 is 0 Å². The van der Waals surface area contributed by atoms with Gasteiger partial charge in [0.2, 0.25) is 5.91 Å². The van der Waals surface area contributed by atoms with Crippen LogP contribution in [0.1, 0.15) is 39.0 Å². The van der Waals surface area contributed by atoms with Gasteiger partial charge in [-0.1, -0.05) is 26.2 Å². The topological polar surface area (TPSA) is 98.2 Å². The molecule has 2 aliphatic rings. The summed E-state index contributed by atoms with van der Waals surface area (Å²) in [5, 5.41) is 8.92. The van der Waals surface area contributed by atoms with Crippen molar-refractivity contribution in [3.8, 4) is 0 Å². The van der Waals surface area contributed by atoms with Crippen molar-refractivity contribution in [1.82, 2.24) is 14.7 Å². The zero-order valence-corrected chi connectivity index (χ0v) is 14.4. The van der Waals surface area contributed by atoms with Crippen LogP contribution in [0.2, 0.25) is 0 Å². The standard InChI is InChI=1S/C16H25N3O5/c1-11(13(21)22)9-17(2)12(20)10-19-14(23)16(18(3)15(19)24)7-5-4-6-8-16/h11H,4-10H2,1-3H3,(H,21,22). The lowest BCUT2D eigenvalue weighted by molar-refractivity contribution is -0.144. The van der Waals surface area contributed by atoms with Crippen molar-refractivity contribution >= 4 is 23.8 Å². The van der Waals surface area contributed by atoms with E-state index in [0.29, 0.717) is 12.8 Å². The molecule has 1 unspecified atom stereocenters. The van der Waals surface area contributed by atoms with Gasteiger partial charge in [-0.15, -0.1) is 0 Å². The van der Waals surface area contributed by atoms with E-state index in [1.807, 2.05) is 0 Å². The van der Waals surface area contributed by atoms with Gasteiger partial charge in [-0.3, -0.25) is 19.3 Å². The van der Waals surface area contributed by atoms with Gasteiger partial charge in [0.15, 0.2) is 0 Å². The van der Waals surface area contributed by atoms with E-state index in [2.05, 4.69) is 0 Å². The van der Waals surface area contributed by atoms with Crippen molar-refractivity contribution in [3.63, 3.8) is 0 Å². The molecule has 0 aromatic heterocycles. The Bertz CT molecular complexity index is 556. The quantitative estimate of drug-likeness (QED) is 0.746. The third-order valence-electron chi connectivity index (χ3n) is 5.17. The van der Waals surface area contributed by atoms with E-state index in [1.54, 1.807) is 7.05 Å². The first kappa shape index (κ1) is 18.2. The smallest absolute Gasteiger partial charge is 0.327 e. The molecule has 0 bridgehead atoms. The van der Waals surface area contributed by atoms with Gasteiger partial charge in [0.05, 0.1) is 5.92 Å². The predicted octanol–water partition coefficient (Wildman–Crippen LogP) is 0.762. The molecular formula is C16H25N3O5. The van der Waals surface area contributed by atoms with Crippen molar-refractivity contribution in [2.45, 2.75) is 44.6 Å². The van der Waals surface area contributed by atoms with Gasteiger partial charge >= 0.3 is 12.0 Å². The number of amides is 4. The average molecular weight is 339 g/mol. The van der Waals surface area contributed by atoms with Crippen LogP contribution in [0, 0.1) is 5.92 Å². The first-order valence-corrected chi connectivity index (χ1v) is 8.27. The predicted molar refractivity (Wildman–Crippen MR) is 85.1 cm³/mol. The molecule has 0 aromatic rings. The van der Waals surface area contributed by atoms with Crippen molar-refractivity contribution < 1.29 is 24.3 Å². The van der Waals surface area contributed by atoms with E-state index in [-0.39, 0.29) is 19.0 Å². The van der Waals surface area contributed by atoms with Gasteiger partial charge in [-0.2, -0.15) is 0 Å². The van der Waals surface area contributed by atoms with Crippen molar-refractivity contribution in [2.75, 3.05) is 27.2 Å². The summed E-state index contributed by atoms with van der Waals surface area (Å²) in [4.78, 5) is 52.2. The molecule has 1 heterocycles. The van der Waals surface area contributed by atoms with Gasteiger partial charge in [-0.25, -0.2) is 4.79 Å². The fraction of sp³-hybridized carbons (Fsp3) is 0.750. The maximum absolute atomic E-state index is 12.8. The number of carbonyl (C=O) groups excluding carboxylic acids is 3. The summed E-state index contributed by atoms with van der Waals surface area (Å²) in [6.45, 7) is 1.20. The summed E-state index contributed by atoms with van der Waals surface area (Å²) in [6.07, 6.45) is 4.09. The first-order chi connectivity index (χ1) is 11.2. The number of rotatable bonds is 5. The van der Waals surface area contributed by atoms with Gasteiger partial charge in [0, 0.05) is 20.6 Å². The normalized spacial score (nSPS) is 21.3. The van der Waals surface area contributed by atoms with E-state index in [9.17, 15) is 19.2 Å². The molecule has 134 valence electrons. The Balaban J connectivity index is 2.06. The minimum absolute atomic E-state index is 0.0331. The fourth-order valence-electron chi connectivity index (χ4n) is 3.52. The number of aliphatic carboxylic acids is 1. The summed E-state index contributed by atoms with van der Waals surface area (Å²) >= 11 is 0. The van der Waals surface area contributed by atoms with Crippen LogP contribution in [-0.2, 0) is 14.4 Å². The van der Waals surface area contributed by atoms with E-state index >= 15 is 0 Å². The molecule has 4 amide bonds. The maximum atomic E-state index is 12.8. The number of likely N-dealkylation sites (N-methyl/N-ethyl adjacent to an activating group) is 2. The number of nitrogens with zero attached hydrogens (tertiary/aromatic N) is 3. The highest BCUT2D eigenvalue weighted by atomic mass is 16.4. The van der Waals surface area contributed by atoms with Crippen molar-refractivity contribution in [2.24, 2.45) is 5.92 Å². The van der Waals surface area contributed by atoms with Gasteiger partial charge in [-0.05, 0) is 12.8 Å². The van der Waals surface area contributed by atoms with Gasteiger partial charge in [0.25, 0.3) is 5.91 Å². The molecule has 1 N–H and O–H groups in total. The molecule has 1 aliphatic heterocycles. The Morgan fingerprint density at radius 1 is 1.25 bits per heavy atom. The van der Waals surface area contributed by atoms with E-state index in [4.69, 9.17) is 5.11 Å². The van der Waals surface area contributed by atoms with Crippen molar-refractivity contribution in [3.05, 3.63) is 0 Å². The number of urea groups is 1. The molecule has 2 rings (SSSR count). The van der Waals surface area contributed by atoms with Crippen LogP contribution in [-0.4, -0.2) is 76.3 Å². The largest absolute Gasteiger partial charge is 0.481 e. The number of carbonyl (C=O) groups is 4. The fourth-order valence-corrected chi connectivity index (χ4v) is 3.52. The number of hydrogen-bond donors (Lipinski definition) is 1. The van der Waals surface area contributed by atoms with Crippen LogP contribution in [0.5, 0.6) is 0 Å². The third-order valence-corrected chi connectivity index (χ3v) is 5.17. The van der Waals surface area contributed by atoms with Crippen LogP contribution in [0.4, 0.5) is 4.79 Å². The summed E-state index contributed by atoms with van der Waals surface area (Å²) in [5.41, 5.74) is -0.803. The highest BCUT2D eigenvalue weighted by Crippen LogP contribution is 2.39. The number of imide groups is 1. The summed E-state index contributed by atoms with van der Waals surface area (Å²) in [6, 6.07) is -0.449. The minimum Gasteiger partial charge on any atom is -0.481 e. The molecule has 1 saturated heterocycles. The van der Waals surface area contributed by atoms with E-state index in [1.165, 1.54) is 23.8 Å². The molecule has 8 nitrogen and oxygen atoms in total. The van der Waals surface area contributed by atoms with Gasteiger partial charge < -0.3 is 14.9 Å². The second kappa shape index (κ2) is 6.78. The van der Waals surface area contributed by atoms with Crippen LogP contribution >= 0.6 is 0 Å². The summed E-state index contributed by atoms with van der Waals surface area (Å²) < 4.78 is 0. The Labute approximate surface area is 141 Å². The molecule has 8 heteroatoms. The minimum atomic E-state index is -0.996. The van der Waals surface area contributed by atoms with E-state index < -0.39 is 29.4 Å². The van der Waals surface area contributed by atoms with Crippen molar-refractivity contribution in [1.29, 1.82) is 0 Å². The molecule has 1 aliphatic carbocycles. The van der Waals surface area contributed by atoms with E-state index in [0.717, 1.165) is 24.2 Å². The Morgan fingerprint density at radius 3 is 2.38 bits per heavy atom. The Kier molecular flexibility index (Phi) is 5.15. The highest BCUT2D eigenvalue weighted by Gasteiger charge is 2.55. The second-order valence-electron chi connectivity index (χ2n) is 6.84. The van der Waals surface area contributed by atoms with Gasteiger partial charge in [0.1, 0.15) is 12.1 Å². The van der Waals surface area contributed by atoms with Crippen LogP contribution in [0.15, 0.2) is 0 Å². The zero-order valence-electron chi connectivity index (χ0n) is 14.4. The van der Waals surface area contributed by atoms with Crippen LogP contribution in [0.3, 0.4) is 0 Å². The SMILES string of the molecule is CC(CN(C)C(=O)CN1C(=O)N(C)C2(CCCCC2)C1=O)C(=O)O. The molecule has 1 spiro atoms. The zero-order chi connectivity index (χ0) is 18.1. The molecule has 24 heavy (non-hydrogen) atoms. The summed E-state index contributed by atoms with van der Waals surface area (Å²) in [5.74, 6) is -2.45.